The Kier molecular flexibility index (Phi) is 11.2. The molecule has 2 aromatic carbocycles. The highest BCUT2D eigenvalue weighted by Gasteiger charge is 2.22. The predicted octanol–water partition coefficient (Wildman–Crippen LogP) is 7.49. The number of aldehydes is 1. The molecule has 5 nitrogen and oxygen atoms in total. The van der Waals surface area contributed by atoms with Crippen molar-refractivity contribution < 1.29 is 18.7 Å². The van der Waals surface area contributed by atoms with E-state index in [0.717, 1.165) is 50.9 Å². The average Bonchev–Trinajstić information content (AvgIpc) is 3.28. The van der Waals surface area contributed by atoms with Gasteiger partial charge in [-0.05, 0) is 81.2 Å². The first kappa shape index (κ1) is 27.7. The van der Waals surface area contributed by atoms with Crippen LogP contribution in [-0.2, 0) is 6.42 Å². The topological polar surface area (TPSA) is 59.8 Å². The van der Waals surface area contributed by atoms with Crippen molar-refractivity contribution in [1.82, 2.24) is 4.90 Å². The number of benzene rings is 2. The van der Waals surface area contributed by atoms with Gasteiger partial charge < -0.3 is 14.1 Å². The van der Waals surface area contributed by atoms with Gasteiger partial charge in [0.05, 0.1) is 12.2 Å². The minimum atomic E-state index is -0.0862. The molecule has 0 atom stereocenters. The van der Waals surface area contributed by atoms with Gasteiger partial charge >= 0.3 is 0 Å². The number of fused-ring (bicyclic) bond motifs is 1. The van der Waals surface area contributed by atoms with E-state index in [1.807, 2.05) is 24.3 Å². The fourth-order valence-electron chi connectivity index (χ4n) is 4.43. The first-order valence-electron chi connectivity index (χ1n) is 13.6. The highest BCUT2D eigenvalue weighted by atomic mass is 16.5. The van der Waals surface area contributed by atoms with Crippen molar-refractivity contribution in [3.05, 3.63) is 64.9 Å². The maximum absolute atomic E-state index is 13.5. The zero-order valence-electron chi connectivity index (χ0n) is 22.2. The number of ether oxygens (including phenoxy) is 1. The predicted molar refractivity (Wildman–Crippen MR) is 146 cm³/mol. The molecule has 5 heteroatoms. The van der Waals surface area contributed by atoms with E-state index in [9.17, 15) is 9.59 Å². The summed E-state index contributed by atoms with van der Waals surface area (Å²) in [5.41, 5.74) is 2.33. The number of aryl methyl sites for hydroxylation is 1. The van der Waals surface area contributed by atoms with Gasteiger partial charge in [-0.3, -0.25) is 9.59 Å². The van der Waals surface area contributed by atoms with E-state index in [1.54, 1.807) is 18.2 Å². The molecule has 0 fully saturated rings. The van der Waals surface area contributed by atoms with E-state index >= 15 is 0 Å². The summed E-state index contributed by atoms with van der Waals surface area (Å²) in [7, 11) is 0. The second kappa shape index (κ2) is 14.6. The molecule has 1 heterocycles. The van der Waals surface area contributed by atoms with Crippen LogP contribution in [0.2, 0.25) is 0 Å². The van der Waals surface area contributed by atoms with E-state index in [0.29, 0.717) is 46.4 Å². The van der Waals surface area contributed by atoms with E-state index in [1.165, 1.54) is 25.7 Å². The number of nitrogens with zero attached hydrogens (tertiary/aromatic N) is 1. The molecule has 0 spiro atoms. The van der Waals surface area contributed by atoms with Gasteiger partial charge in [0.15, 0.2) is 5.78 Å². The molecule has 3 aromatic rings. The molecule has 0 radical (unpaired) electrons. The maximum Gasteiger partial charge on any atom is 0.197 e. The van der Waals surface area contributed by atoms with Crippen LogP contribution in [0.3, 0.4) is 0 Å². The summed E-state index contributed by atoms with van der Waals surface area (Å²) in [4.78, 5) is 27.4. The Labute approximate surface area is 215 Å². The number of hydrogen-bond donors (Lipinski definition) is 0. The summed E-state index contributed by atoms with van der Waals surface area (Å²) in [6, 6.07) is 12.6. The van der Waals surface area contributed by atoms with Crippen molar-refractivity contribution >= 4 is 23.0 Å². The minimum absolute atomic E-state index is 0.0862. The molecular formula is C31H41NO4. The van der Waals surface area contributed by atoms with E-state index in [2.05, 4.69) is 25.7 Å². The van der Waals surface area contributed by atoms with Gasteiger partial charge in [-0.2, -0.15) is 0 Å². The zero-order chi connectivity index (χ0) is 25.8. The van der Waals surface area contributed by atoms with Crippen LogP contribution in [0.4, 0.5) is 0 Å². The van der Waals surface area contributed by atoms with Gasteiger partial charge in [0.2, 0.25) is 0 Å². The Balaban J connectivity index is 1.66. The Morgan fingerprint density at radius 2 is 1.56 bits per heavy atom. The van der Waals surface area contributed by atoms with Gasteiger partial charge in [0.25, 0.3) is 0 Å². The summed E-state index contributed by atoms with van der Waals surface area (Å²) < 4.78 is 12.0. The van der Waals surface area contributed by atoms with Crippen molar-refractivity contribution in [2.75, 3.05) is 26.2 Å². The van der Waals surface area contributed by atoms with Crippen molar-refractivity contribution in [3.63, 3.8) is 0 Å². The number of ketones is 1. The normalized spacial score (nSPS) is 11.3. The van der Waals surface area contributed by atoms with Crippen LogP contribution in [0.1, 0.15) is 97.8 Å². The summed E-state index contributed by atoms with van der Waals surface area (Å²) in [6.45, 7) is 10.6. The zero-order valence-corrected chi connectivity index (χ0v) is 22.2. The lowest BCUT2D eigenvalue weighted by molar-refractivity contribution is 0.103. The number of carbonyl (C=O) groups excluding carboxylic acids is 2. The summed E-state index contributed by atoms with van der Waals surface area (Å²) in [6.07, 6.45) is 9.32. The van der Waals surface area contributed by atoms with Gasteiger partial charge in [-0.1, -0.05) is 40.0 Å². The standard InChI is InChI=1S/C31H41NO4/c1-4-7-11-29-30(27-22-24(23-33)12-17-28(27)36-29)31(34)25-13-15-26(16-14-25)35-21-10-20-32(18-8-5-2)19-9-6-3/h12-17,22-23H,4-11,18-21H2,1-3H3. The summed E-state index contributed by atoms with van der Waals surface area (Å²) >= 11 is 0. The Hall–Kier alpha value is -2.92. The molecule has 0 aliphatic carbocycles. The minimum Gasteiger partial charge on any atom is -0.494 e. The van der Waals surface area contributed by atoms with Crippen LogP contribution >= 0.6 is 0 Å². The van der Waals surface area contributed by atoms with Crippen molar-refractivity contribution in [2.24, 2.45) is 0 Å². The second-order valence-corrected chi connectivity index (χ2v) is 9.48. The molecule has 36 heavy (non-hydrogen) atoms. The first-order valence-corrected chi connectivity index (χ1v) is 13.6. The third kappa shape index (κ3) is 7.54. The summed E-state index contributed by atoms with van der Waals surface area (Å²) in [5, 5.41) is 0.701. The number of hydrogen-bond acceptors (Lipinski definition) is 5. The van der Waals surface area contributed by atoms with Crippen LogP contribution in [0, 0.1) is 0 Å². The fraction of sp³-hybridized carbons (Fsp3) is 0.484. The van der Waals surface area contributed by atoms with Gasteiger partial charge in [-0.15, -0.1) is 0 Å². The lowest BCUT2D eigenvalue weighted by Crippen LogP contribution is -2.28. The van der Waals surface area contributed by atoms with Crippen LogP contribution in [0.5, 0.6) is 5.75 Å². The molecule has 0 amide bonds. The van der Waals surface area contributed by atoms with Gasteiger partial charge in [0.1, 0.15) is 23.4 Å². The van der Waals surface area contributed by atoms with Crippen LogP contribution in [-0.4, -0.2) is 43.2 Å². The maximum atomic E-state index is 13.5. The van der Waals surface area contributed by atoms with Crippen LogP contribution < -0.4 is 4.74 Å². The van der Waals surface area contributed by atoms with E-state index in [4.69, 9.17) is 9.15 Å². The third-order valence-electron chi connectivity index (χ3n) is 6.57. The van der Waals surface area contributed by atoms with E-state index < -0.39 is 0 Å². The van der Waals surface area contributed by atoms with Crippen molar-refractivity contribution in [2.45, 2.75) is 72.1 Å². The molecule has 0 saturated carbocycles. The first-order chi connectivity index (χ1) is 17.6. The molecule has 0 bridgehead atoms. The molecule has 0 aliphatic rings. The van der Waals surface area contributed by atoms with Crippen molar-refractivity contribution in [3.8, 4) is 5.75 Å². The van der Waals surface area contributed by atoms with Gasteiger partial charge in [-0.25, -0.2) is 0 Å². The monoisotopic (exact) mass is 491 g/mol. The number of rotatable bonds is 17. The molecule has 194 valence electrons. The van der Waals surface area contributed by atoms with Crippen LogP contribution in [0.15, 0.2) is 46.9 Å². The number of unbranched alkanes of at least 4 members (excludes halogenated alkanes) is 3. The van der Waals surface area contributed by atoms with Gasteiger partial charge in [0, 0.05) is 29.5 Å². The molecule has 0 N–H and O–H groups in total. The average molecular weight is 492 g/mol. The molecular weight excluding hydrogens is 450 g/mol. The second-order valence-electron chi connectivity index (χ2n) is 9.48. The quantitative estimate of drug-likeness (QED) is 0.111. The lowest BCUT2D eigenvalue weighted by atomic mass is 9.97. The highest BCUT2D eigenvalue weighted by molar-refractivity contribution is 6.17. The highest BCUT2D eigenvalue weighted by Crippen LogP contribution is 2.30. The molecule has 1 aromatic heterocycles. The molecule has 3 rings (SSSR count). The van der Waals surface area contributed by atoms with Crippen molar-refractivity contribution in [1.29, 1.82) is 0 Å². The molecule has 0 unspecified atom stereocenters. The molecule has 0 saturated heterocycles. The number of furan rings is 1. The Morgan fingerprint density at radius 1 is 0.889 bits per heavy atom. The lowest BCUT2D eigenvalue weighted by Gasteiger charge is -2.21. The smallest absolute Gasteiger partial charge is 0.197 e. The number of carbonyl (C=O) groups is 2. The van der Waals surface area contributed by atoms with E-state index in [-0.39, 0.29) is 5.78 Å². The van der Waals surface area contributed by atoms with Crippen LogP contribution in [0.25, 0.3) is 11.0 Å². The molecule has 0 aliphatic heterocycles. The fourth-order valence-corrected chi connectivity index (χ4v) is 4.43. The summed E-state index contributed by atoms with van der Waals surface area (Å²) in [5.74, 6) is 1.37. The Bertz CT molecular complexity index is 1090. The SMILES string of the molecule is CCCCc1oc2ccc(C=O)cc2c1C(=O)c1ccc(OCCCN(CCCC)CCCC)cc1. The largest absolute Gasteiger partial charge is 0.494 e. The third-order valence-corrected chi connectivity index (χ3v) is 6.57. The Morgan fingerprint density at radius 3 is 2.19 bits per heavy atom.